The lowest BCUT2D eigenvalue weighted by atomic mass is 9.96. The summed E-state index contributed by atoms with van der Waals surface area (Å²) in [4.78, 5) is 30.5. The molecule has 4 rings (SSSR count). The third-order valence-corrected chi connectivity index (χ3v) is 7.84. The van der Waals surface area contributed by atoms with E-state index in [0.717, 1.165) is 41.6 Å². The summed E-state index contributed by atoms with van der Waals surface area (Å²) >= 11 is 0. The molecular weight excluding hydrogens is 418 g/mol. The number of nitrogens with one attached hydrogen (secondary N) is 1. The van der Waals surface area contributed by atoms with Crippen molar-refractivity contribution < 1.29 is 18.0 Å². The highest BCUT2D eigenvalue weighted by molar-refractivity contribution is 7.89. The average Bonchev–Trinajstić information content (AvgIpc) is 3.50. The van der Waals surface area contributed by atoms with Crippen LogP contribution in [0, 0.1) is 0 Å². The Bertz CT molecular complexity index is 1070. The fourth-order valence-corrected chi connectivity index (χ4v) is 4.93. The van der Waals surface area contributed by atoms with Gasteiger partial charge in [-0.2, -0.15) is 9.40 Å². The van der Waals surface area contributed by atoms with Crippen LogP contribution in [0.4, 0.5) is 0 Å². The monoisotopic (exact) mass is 445 g/mol. The van der Waals surface area contributed by atoms with Gasteiger partial charge in [0, 0.05) is 37.5 Å². The second-order valence-corrected chi connectivity index (χ2v) is 10.4. The van der Waals surface area contributed by atoms with Crippen molar-refractivity contribution in [2.24, 2.45) is 0 Å². The highest BCUT2D eigenvalue weighted by atomic mass is 32.2. The van der Waals surface area contributed by atoms with Gasteiger partial charge in [-0.3, -0.25) is 14.7 Å². The maximum Gasteiger partial charge on any atom is 0.243 e. The van der Waals surface area contributed by atoms with E-state index >= 15 is 0 Å². The summed E-state index contributed by atoms with van der Waals surface area (Å²) in [5, 5.41) is 7.36. The van der Waals surface area contributed by atoms with E-state index in [4.69, 9.17) is 0 Å². The number of hydrogen-bond donors (Lipinski definition) is 1. The summed E-state index contributed by atoms with van der Waals surface area (Å²) in [5.74, 6) is 2.18. The number of likely N-dealkylation sites (N-methyl/N-ethyl adjacent to an activating group) is 1. The number of rotatable bonds is 7. The molecule has 166 valence electrons. The second kappa shape index (κ2) is 8.51. The van der Waals surface area contributed by atoms with E-state index in [-0.39, 0.29) is 29.0 Å². The molecule has 2 aliphatic rings. The molecule has 0 atom stereocenters. The van der Waals surface area contributed by atoms with E-state index in [9.17, 15) is 18.0 Å². The zero-order valence-corrected chi connectivity index (χ0v) is 18.6. The van der Waals surface area contributed by atoms with Gasteiger partial charge in [0.2, 0.25) is 15.9 Å². The van der Waals surface area contributed by atoms with Gasteiger partial charge in [0.05, 0.1) is 11.4 Å². The molecule has 1 aromatic heterocycles. The van der Waals surface area contributed by atoms with Crippen LogP contribution in [0.3, 0.4) is 0 Å². The number of sulfonamides is 1. The molecule has 1 saturated carbocycles. The van der Waals surface area contributed by atoms with Gasteiger partial charge in [-0.25, -0.2) is 13.4 Å². The molecule has 1 N–H and O–H groups in total. The topological polar surface area (TPSA) is 116 Å². The predicted molar refractivity (Wildman–Crippen MR) is 113 cm³/mol. The number of hydrogen-bond acceptors (Lipinski definition) is 6. The maximum absolute atomic E-state index is 12.8. The van der Waals surface area contributed by atoms with Gasteiger partial charge in [0.25, 0.3) is 0 Å². The molecule has 1 aliphatic carbocycles. The molecule has 31 heavy (non-hydrogen) atoms. The number of aromatic amines is 1. The number of likely N-dealkylation sites (tertiary alicyclic amines) is 1. The zero-order valence-electron chi connectivity index (χ0n) is 17.7. The number of amides is 1. The quantitative estimate of drug-likeness (QED) is 0.651. The molecule has 2 aromatic rings. The van der Waals surface area contributed by atoms with Crippen LogP contribution >= 0.6 is 0 Å². The van der Waals surface area contributed by atoms with Gasteiger partial charge in [0.1, 0.15) is 5.82 Å². The lowest BCUT2D eigenvalue weighted by Gasteiger charge is -2.32. The summed E-state index contributed by atoms with van der Waals surface area (Å²) in [6, 6.07) is 5.75. The summed E-state index contributed by atoms with van der Waals surface area (Å²) in [6.45, 7) is 2.32. The lowest BCUT2D eigenvalue weighted by Crippen LogP contribution is -2.44. The molecule has 1 aromatic carbocycles. The third kappa shape index (κ3) is 4.69. The van der Waals surface area contributed by atoms with Crippen LogP contribution in [0.5, 0.6) is 0 Å². The van der Waals surface area contributed by atoms with Gasteiger partial charge in [-0.15, -0.1) is 0 Å². The maximum atomic E-state index is 12.8. The first-order chi connectivity index (χ1) is 14.8. The summed E-state index contributed by atoms with van der Waals surface area (Å²) in [6.07, 6.45) is 3.85. The Hall–Kier alpha value is -2.59. The van der Waals surface area contributed by atoms with Crippen molar-refractivity contribution in [3.63, 3.8) is 0 Å². The minimum absolute atomic E-state index is 0.0586. The molecule has 10 heteroatoms. The van der Waals surface area contributed by atoms with E-state index in [2.05, 4.69) is 15.2 Å². The zero-order chi connectivity index (χ0) is 22.2. The van der Waals surface area contributed by atoms with E-state index in [1.807, 2.05) is 0 Å². The molecular formula is C21H27N5O4S. The number of aromatic nitrogens is 3. The van der Waals surface area contributed by atoms with E-state index in [0.29, 0.717) is 24.6 Å². The number of carbonyl (C=O) groups is 2. The lowest BCUT2D eigenvalue weighted by molar-refractivity contribution is -0.132. The first-order valence-electron chi connectivity index (χ1n) is 10.5. The Balaban J connectivity index is 1.32. The Kier molecular flexibility index (Phi) is 5.94. The Morgan fingerprint density at radius 1 is 1.10 bits per heavy atom. The fourth-order valence-electron chi connectivity index (χ4n) is 3.81. The molecule has 2 heterocycles. The Labute approximate surface area is 181 Å². The first kappa shape index (κ1) is 21.6. The van der Waals surface area contributed by atoms with Crippen LogP contribution in [0.25, 0.3) is 0 Å². The first-order valence-corrected chi connectivity index (χ1v) is 12.0. The SMILES string of the molecule is CC(=O)c1ccc(S(=O)(=O)N(C)CC(=O)N2CCC(c3nc(C4CC4)n[nH]3)CC2)cc1. The summed E-state index contributed by atoms with van der Waals surface area (Å²) < 4.78 is 26.6. The molecule has 1 aliphatic heterocycles. The van der Waals surface area contributed by atoms with Gasteiger partial charge >= 0.3 is 0 Å². The molecule has 0 unspecified atom stereocenters. The highest BCUT2D eigenvalue weighted by Gasteiger charge is 2.31. The van der Waals surface area contributed by atoms with Gasteiger partial charge in [0.15, 0.2) is 11.6 Å². The number of benzene rings is 1. The summed E-state index contributed by atoms with van der Waals surface area (Å²) in [7, 11) is -2.42. The van der Waals surface area contributed by atoms with Crippen LogP contribution in [-0.2, 0) is 14.8 Å². The third-order valence-electron chi connectivity index (χ3n) is 6.02. The van der Waals surface area contributed by atoms with Crippen molar-refractivity contribution in [1.29, 1.82) is 0 Å². The van der Waals surface area contributed by atoms with Gasteiger partial charge in [-0.05, 0) is 44.7 Å². The normalized spacial score (nSPS) is 17.8. The van der Waals surface area contributed by atoms with E-state index in [1.165, 1.54) is 38.2 Å². The standard InChI is InChI=1S/C21H27N5O4S/c1-14(27)15-5-7-18(8-6-15)31(29,30)25(2)13-19(28)26-11-9-17(10-12-26)21-22-20(23-24-21)16-3-4-16/h5-8,16-17H,3-4,9-13H2,1-2H3,(H,22,23,24). The highest BCUT2D eigenvalue weighted by Crippen LogP contribution is 2.38. The fraction of sp³-hybridized carbons (Fsp3) is 0.524. The minimum atomic E-state index is -3.82. The number of H-pyrrole nitrogens is 1. The molecule has 0 spiro atoms. The Morgan fingerprint density at radius 2 is 1.74 bits per heavy atom. The van der Waals surface area contributed by atoms with Crippen molar-refractivity contribution in [3.05, 3.63) is 41.5 Å². The second-order valence-electron chi connectivity index (χ2n) is 8.35. The minimum Gasteiger partial charge on any atom is -0.342 e. The Morgan fingerprint density at radius 3 is 2.32 bits per heavy atom. The van der Waals surface area contributed by atoms with Crippen molar-refractivity contribution in [3.8, 4) is 0 Å². The molecule has 1 saturated heterocycles. The van der Waals surface area contributed by atoms with Crippen LogP contribution in [0.1, 0.15) is 66.4 Å². The molecule has 9 nitrogen and oxygen atoms in total. The number of piperidine rings is 1. The van der Waals surface area contributed by atoms with Crippen molar-refractivity contribution in [2.45, 2.75) is 49.3 Å². The number of carbonyl (C=O) groups excluding carboxylic acids is 2. The largest absolute Gasteiger partial charge is 0.342 e. The number of Topliss-reactive ketones (excluding diaryl/α,β-unsaturated/α-hetero) is 1. The van der Waals surface area contributed by atoms with Crippen molar-refractivity contribution in [1.82, 2.24) is 24.4 Å². The average molecular weight is 446 g/mol. The molecule has 2 fully saturated rings. The van der Waals surface area contributed by atoms with Crippen molar-refractivity contribution in [2.75, 3.05) is 26.7 Å². The predicted octanol–water partition coefficient (Wildman–Crippen LogP) is 1.91. The van der Waals surface area contributed by atoms with Crippen LogP contribution < -0.4 is 0 Å². The molecule has 0 radical (unpaired) electrons. The van der Waals surface area contributed by atoms with Crippen LogP contribution in [0.2, 0.25) is 0 Å². The summed E-state index contributed by atoms with van der Waals surface area (Å²) in [5.41, 5.74) is 0.441. The van der Waals surface area contributed by atoms with Crippen molar-refractivity contribution >= 4 is 21.7 Å². The molecule has 0 bridgehead atoms. The number of nitrogens with zero attached hydrogens (tertiary/aromatic N) is 4. The van der Waals surface area contributed by atoms with Crippen LogP contribution in [0.15, 0.2) is 29.2 Å². The molecule has 1 amide bonds. The van der Waals surface area contributed by atoms with E-state index < -0.39 is 10.0 Å². The van der Waals surface area contributed by atoms with Gasteiger partial charge in [-0.1, -0.05) is 12.1 Å². The van der Waals surface area contributed by atoms with Crippen LogP contribution in [-0.4, -0.2) is 71.2 Å². The van der Waals surface area contributed by atoms with Gasteiger partial charge < -0.3 is 4.90 Å². The smallest absolute Gasteiger partial charge is 0.243 e. The number of ketones is 1. The van der Waals surface area contributed by atoms with E-state index in [1.54, 1.807) is 4.90 Å².